The highest BCUT2D eigenvalue weighted by Crippen LogP contribution is 2.25. The van der Waals surface area contributed by atoms with Crippen LogP contribution in [0.5, 0.6) is 0 Å². The molecule has 19 heavy (non-hydrogen) atoms. The van der Waals surface area contributed by atoms with Crippen LogP contribution in [-0.4, -0.2) is 49.7 Å². The lowest BCUT2D eigenvalue weighted by Crippen LogP contribution is -2.47. The number of rotatable bonds is 5. The number of carbonyl (C=O) groups is 1. The molecular weight excluding hydrogens is 259 g/mol. The maximum atomic E-state index is 12.0. The first-order chi connectivity index (χ1) is 8.85. The lowest BCUT2D eigenvalue weighted by Gasteiger charge is -2.37. The molecule has 2 unspecified atom stereocenters. The zero-order valence-electron chi connectivity index (χ0n) is 11.2. The third-order valence-corrected chi connectivity index (χ3v) is 3.66. The molecule has 0 radical (unpaired) electrons. The van der Waals surface area contributed by atoms with Gasteiger partial charge in [-0.3, -0.25) is 9.69 Å². The molecule has 0 spiro atoms. The molecule has 0 bridgehead atoms. The SMILES string of the molecule is CCC1CN(CC(=O)NCC(F)(F)F)CCC1CN. The van der Waals surface area contributed by atoms with Crippen molar-refractivity contribution in [3.63, 3.8) is 0 Å². The van der Waals surface area contributed by atoms with Gasteiger partial charge < -0.3 is 11.1 Å². The van der Waals surface area contributed by atoms with E-state index in [1.54, 1.807) is 0 Å². The van der Waals surface area contributed by atoms with E-state index < -0.39 is 18.6 Å². The molecule has 0 aromatic rings. The second kappa shape index (κ2) is 7.09. The van der Waals surface area contributed by atoms with Gasteiger partial charge in [0.2, 0.25) is 5.91 Å². The minimum Gasteiger partial charge on any atom is -0.346 e. The number of alkyl halides is 3. The van der Waals surface area contributed by atoms with Crippen molar-refractivity contribution in [1.82, 2.24) is 10.2 Å². The van der Waals surface area contributed by atoms with Crippen LogP contribution in [0.4, 0.5) is 13.2 Å². The van der Waals surface area contributed by atoms with Crippen LogP contribution >= 0.6 is 0 Å². The Morgan fingerprint density at radius 3 is 2.63 bits per heavy atom. The Morgan fingerprint density at radius 1 is 1.42 bits per heavy atom. The number of halogens is 3. The molecule has 1 saturated heterocycles. The van der Waals surface area contributed by atoms with E-state index in [9.17, 15) is 18.0 Å². The first-order valence-electron chi connectivity index (χ1n) is 6.61. The summed E-state index contributed by atoms with van der Waals surface area (Å²) >= 11 is 0. The molecule has 1 rings (SSSR count). The lowest BCUT2D eigenvalue weighted by atomic mass is 9.84. The van der Waals surface area contributed by atoms with Gasteiger partial charge in [-0.25, -0.2) is 0 Å². The van der Waals surface area contributed by atoms with Gasteiger partial charge >= 0.3 is 6.18 Å². The van der Waals surface area contributed by atoms with Crippen molar-refractivity contribution < 1.29 is 18.0 Å². The van der Waals surface area contributed by atoms with Gasteiger partial charge in [-0.2, -0.15) is 13.2 Å². The van der Waals surface area contributed by atoms with E-state index in [1.807, 2.05) is 10.2 Å². The fourth-order valence-corrected chi connectivity index (χ4v) is 2.53. The summed E-state index contributed by atoms with van der Waals surface area (Å²) in [5, 5.41) is 1.90. The predicted octanol–water partition coefficient (Wildman–Crippen LogP) is 0.972. The summed E-state index contributed by atoms with van der Waals surface area (Å²) in [7, 11) is 0. The van der Waals surface area contributed by atoms with Crippen molar-refractivity contribution in [2.75, 3.05) is 32.7 Å². The summed E-state index contributed by atoms with van der Waals surface area (Å²) in [6, 6.07) is 0. The smallest absolute Gasteiger partial charge is 0.346 e. The fourth-order valence-electron chi connectivity index (χ4n) is 2.53. The summed E-state index contributed by atoms with van der Waals surface area (Å²) in [4.78, 5) is 13.3. The number of nitrogens with zero attached hydrogens (tertiary/aromatic N) is 1. The normalized spacial score (nSPS) is 25.3. The highest BCUT2D eigenvalue weighted by molar-refractivity contribution is 5.78. The molecule has 0 saturated carbocycles. The first kappa shape index (κ1) is 16.2. The molecule has 1 amide bonds. The van der Waals surface area contributed by atoms with Crippen LogP contribution in [0.1, 0.15) is 19.8 Å². The molecule has 112 valence electrons. The number of carbonyl (C=O) groups excluding carboxylic acids is 1. The molecule has 1 aliphatic heterocycles. The second-order valence-corrected chi connectivity index (χ2v) is 5.08. The largest absolute Gasteiger partial charge is 0.405 e. The molecule has 2 atom stereocenters. The maximum absolute atomic E-state index is 12.0. The molecule has 1 fully saturated rings. The number of amides is 1. The number of nitrogens with two attached hydrogens (primary N) is 1. The van der Waals surface area contributed by atoms with Crippen molar-refractivity contribution in [1.29, 1.82) is 0 Å². The van der Waals surface area contributed by atoms with E-state index in [-0.39, 0.29) is 6.54 Å². The van der Waals surface area contributed by atoms with Crippen molar-refractivity contribution in [2.24, 2.45) is 17.6 Å². The summed E-state index contributed by atoms with van der Waals surface area (Å²) in [6.07, 6.45) is -2.47. The van der Waals surface area contributed by atoms with Gasteiger partial charge in [-0.15, -0.1) is 0 Å². The topological polar surface area (TPSA) is 58.4 Å². The van der Waals surface area contributed by atoms with E-state index in [0.29, 0.717) is 18.4 Å². The average molecular weight is 281 g/mol. The fraction of sp³-hybridized carbons (Fsp3) is 0.917. The summed E-state index contributed by atoms with van der Waals surface area (Å²) < 4.78 is 35.9. The van der Waals surface area contributed by atoms with Gasteiger partial charge in [0.1, 0.15) is 6.54 Å². The standard InChI is InChI=1S/C12H22F3N3O/c1-2-9-6-18(4-3-10(9)5-16)7-11(19)17-8-12(13,14)15/h9-10H,2-8,16H2,1H3,(H,17,19). The van der Waals surface area contributed by atoms with Crippen molar-refractivity contribution in [3.8, 4) is 0 Å². The van der Waals surface area contributed by atoms with Crippen LogP contribution in [0.3, 0.4) is 0 Å². The zero-order chi connectivity index (χ0) is 14.5. The van der Waals surface area contributed by atoms with Crippen LogP contribution in [0, 0.1) is 11.8 Å². The van der Waals surface area contributed by atoms with Crippen LogP contribution in [0.15, 0.2) is 0 Å². The molecule has 3 N–H and O–H groups in total. The number of hydrogen-bond donors (Lipinski definition) is 2. The van der Waals surface area contributed by atoms with Gasteiger partial charge in [-0.1, -0.05) is 13.3 Å². The highest BCUT2D eigenvalue weighted by atomic mass is 19.4. The summed E-state index contributed by atoms with van der Waals surface area (Å²) in [5.74, 6) is 0.312. The monoisotopic (exact) mass is 281 g/mol. The molecule has 0 aliphatic carbocycles. The Hall–Kier alpha value is -0.820. The molecule has 1 heterocycles. The molecule has 4 nitrogen and oxygen atoms in total. The maximum Gasteiger partial charge on any atom is 0.405 e. The van der Waals surface area contributed by atoms with Crippen molar-refractivity contribution in [3.05, 3.63) is 0 Å². The van der Waals surface area contributed by atoms with Gasteiger partial charge in [0.25, 0.3) is 0 Å². The summed E-state index contributed by atoms with van der Waals surface area (Å²) in [6.45, 7) is 2.93. The number of nitrogens with one attached hydrogen (secondary N) is 1. The van der Waals surface area contributed by atoms with Gasteiger partial charge in [0.05, 0.1) is 6.54 Å². The third kappa shape index (κ3) is 5.78. The average Bonchev–Trinajstić information content (AvgIpc) is 2.35. The van der Waals surface area contributed by atoms with Crippen LogP contribution < -0.4 is 11.1 Å². The highest BCUT2D eigenvalue weighted by Gasteiger charge is 2.30. The Balaban J connectivity index is 2.35. The Bertz CT molecular complexity index is 296. The van der Waals surface area contributed by atoms with Gasteiger partial charge in [0, 0.05) is 6.54 Å². The van der Waals surface area contributed by atoms with E-state index in [0.717, 1.165) is 25.9 Å². The van der Waals surface area contributed by atoms with Crippen molar-refractivity contribution >= 4 is 5.91 Å². The summed E-state index contributed by atoms with van der Waals surface area (Å²) in [5.41, 5.74) is 5.69. The first-order valence-corrected chi connectivity index (χ1v) is 6.61. The quantitative estimate of drug-likeness (QED) is 0.789. The van der Waals surface area contributed by atoms with Crippen LogP contribution in [0.2, 0.25) is 0 Å². The molecule has 1 aliphatic rings. The van der Waals surface area contributed by atoms with E-state index >= 15 is 0 Å². The van der Waals surface area contributed by atoms with E-state index in [4.69, 9.17) is 5.73 Å². The third-order valence-electron chi connectivity index (χ3n) is 3.66. The zero-order valence-corrected chi connectivity index (χ0v) is 11.2. The van der Waals surface area contributed by atoms with Crippen molar-refractivity contribution in [2.45, 2.75) is 25.9 Å². The van der Waals surface area contributed by atoms with Crippen LogP contribution in [-0.2, 0) is 4.79 Å². The number of hydrogen-bond acceptors (Lipinski definition) is 3. The van der Waals surface area contributed by atoms with E-state index in [1.165, 1.54) is 0 Å². The minimum absolute atomic E-state index is 0.0316. The Kier molecular flexibility index (Phi) is 6.06. The Labute approximate surface area is 111 Å². The number of piperidine rings is 1. The lowest BCUT2D eigenvalue weighted by molar-refractivity contribution is -0.139. The van der Waals surface area contributed by atoms with Gasteiger partial charge in [0.15, 0.2) is 0 Å². The van der Waals surface area contributed by atoms with Crippen LogP contribution in [0.25, 0.3) is 0 Å². The van der Waals surface area contributed by atoms with E-state index in [2.05, 4.69) is 6.92 Å². The minimum atomic E-state index is -4.35. The molecular formula is C12H22F3N3O. The molecule has 7 heteroatoms. The van der Waals surface area contributed by atoms with Gasteiger partial charge in [-0.05, 0) is 31.3 Å². The second-order valence-electron chi connectivity index (χ2n) is 5.08. The number of likely N-dealkylation sites (tertiary alicyclic amines) is 1. The Morgan fingerprint density at radius 2 is 2.11 bits per heavy atom. The predicted molar refractivity (Wildman–Crippen MR) is 66.4 cm³/mol. The molecule has 0 aromatic carbocycles. The molecule has 0 aromatic heterocycles.